The third-order valence-corrected chi connectivity index (χ3v) is 2.65. The molecule has 0 aromatic heterocycles. The molecule has 0 bridgehead atoms. The summed E-state index contributed by atoms with van der Waals surface area (Å²) in [6.45, 7) is 5.29. The van der Waals surface area contributed by atoms with Gasteiger partial charge in [-0.25, -0.2) is 4.79 Å². The first-order chi connectivity index (χ1) is 6.93. The van der Waals surface area contributed by atoms with E-state index < -0.39 is 17.5 Å². The Balaban J connectivity index is 2.47. The van der Waals surface area contributed by atoms with E-state index in [4.69, 9.17) is 9.84 Å². The van der Waals surface area contributed by atoms with Gasteiger partial charge in [-0.3, -0.25) is 4.79 Å². The normalized spacial score (nSPS) is 18.5. The van der Waals surface area contributed by atoms with Crippen molar-refractivity contribution in [3.63, 3.8) is 0 Å². The molecular formula is C11H16O4. The monoisotopic (exact) mass is 212 g/mol. The van der Waals surface area contributed by atoms with Crippen LogP contribution in [0.5, 0.6) is 0 Å². The number of hydrogen-bond acceptors (Lipinski definition) is 3. The summed E-state index contributed by atoms with van der Waals surface area (Å²) in [5.74, 6) is -1.64. The fourth-order valence-electron chi connectivity index (χ4n) is 1.78. The molecule has 4 heteroatoms. The Morgan fingerprint density at radius 2 is 1.93 bits per heavy atom. The van der Waals surface area contributed by atoms with Gasteiger partial charge in [-0.05, 0) is 32.6 Å². The molecule has 0 atom stereocenters. The first-order valence-electron chi connectivity index (χ1n) is 5.06. The van der Waals surface area contributed by atoms with Gasteiger partial charge in [-0.1, -0.05) is 6.58 Å². The maximum Gasteiger partial charge on any atom is 0.334 e. The number of carboxylic acids is 1. The summed E-state index contributed by atoms with van der Waals surface area (Å²) in [7, 11) is 0. The SMILES string of the molecule is C=C(CC(=O)O)C(=O)OC1(C)CCCC1. The quantitative estimate of drug-likeness (QED) is 0.571. The number of ether oxygens (including phenoxy) is 1. The summed E-state index contributed by atoms with van der Waals surface area (Å²) in [5.41, 5.74) is -0.408. The van der Waals surface area contributed by atoms with Crippen molar-refractivity contribution in [2.45, 2.75) is 44.6 Å². The summed E-state index contributed by atoms with van der Waals surface area (Å²) < 4.78 is 5.26. The number of carboxylic acid groups (broad SMARTS) is 1. The van der Waals surface area contributed by atoms with Crippen LogP contribution in [-0.4, -0.2) is 22.6 Å². The number of carbonyl (C=O) groups is 2. The van der Waals surface area contributed by atoms with E-state index in [1.54, 1.807) is 0 Å². The van der Waals surface area contributed by atoms with Crippen molar-refractivity contribution in [2.75, 3.05) is 0 Å². The second-order valence-electron chi connectivity index (χ2n) is 4.22. The Morgan fingerprint density at radius 1 is 1.40 bits per heavy atom. The molecule has 1 N–H and O–H groups in total. The van der Waals surface area contributed by atoms with Crippen LogP contribution in [-0.2, 0) is 14.3 Å². The third-order valence-electron chi connectivity index (χ3n) is 2.65. The van der Waals surface area contributed by atoms with Gasteiger partial charge < -0.3 is 9.84 Å². The summed E-state index contributed by atoms with van der Waals surface area (Å²) in [4.78, 5) is 21.8. The second kappa shape index (κ2) is 4.47. The Bertz CT molecular complexity index is 287. The zero-order valence-electron chi connectivity index (χ0n) is 8.91. The minimum Gasteiger partial charge on any atom is -0.481 e. The second-order valence-corrected chi connectivity index (χ2v) is 4.22. The fraction of sp³-hybridized carbons (Fsp3) is 0.636. The highest BCUT2D eigenvalue weighted by molar-refractivity contribution is 5.93. The molecule has 1 rings (SSSR count). The molecule has 0 aromatic rings. The van der Waals surface area contributed by atoms with Gasteiger partial charge in [0.15, 0.2) is 0 Å². The van der Waals surface area contributed by atoms with E-state index in [1.807, 2.05) is 6.92 Å². The molecule has 0 aliphatic heterocycles. The smallest absolute Gasteiger partial charge is 0.334 e. The first kappa shape index (κ1) is 11.8. The first-order valence-corrected chi connectivity index (χ1v) is 5.06. The van der Waals surface area contributed by atoms with Crippen molar-refractivity contribution >= 4 is 11.9 Å². The van der Waals surface area contributed by atoms with Crippen LogP contribution in [0.3, 0.4) is 0 Å². The van der Waals surface area contributed by atoms with Crippen molar-refractivity contribution in [1.82, 2.24) is 0 Å². The summed E-state index contributed by atoms with van der Waals surface area (Å²) in [5, 5.41) is 8.49. The van der Waals surface area contributed by atoms with Crippen LogP contribution in [0.1, 0.15) is 39.0 Å². The van der Waals surface area contributed by atoms with Crippen molar-refractivity contribution in [1.29, 1.82) is 0 Å². The van der Waals surface area contributed by atoms with Gasteiger partial charge in [0.1, 0.15) is 5.60 Å². The van der Waals surface area contributed by atoms with E-state index >= 15 is 0 Å². The third kappa shape index (κ3) is 3.38. The average molecular weight is 212 g/mol. The van der Waals surface area contributed by atoms with Crippen LogP contribution >= 0.6 is 0 Å². The molecule has 1 fully saturated rings. The fourth-order valence-corrected chi connectivity index (χ4v) is 1.78. The Labute approximate surface area is 88.9 Å². The molecule has 4 nitrogen and oxygen atoms in total. The molecular weight excluding hydrogens is 196 g/mol. The largest absolute Gasteiger partial charge is 0.481 e. The van der Waals surface area contributed by atoms with Gasteiger partial charge in [0.05, 0.1) is 6.42 Å². The maximum atomic E-state index is 11.5. The molecule has 0 spiro atoms. The van der Waals surface area contributed by atoms with Gasteiger partial charge in [-0.15, -0.1) is 0 Å². The average Bonchev–Trinajstić information content (AvgIpc) is 2.50. The topological polar surface area (TPSA) is 63.6 Å². The van der Waals surface area contributed by atoms with Gasteiger partial charge in [0, 0.05) is 5.57 Å². The van der Waals surface area contributed by atoms with Gasteiger partial charge in [-0.2, -0.15) is 0 Å². The van der Waals surface area contributed by atoms with Crippen molar-refractivity contribution in [3.8, 4) is 0 Å². The van der Waals surface area contributed by atoms with Crippen molar-refractivity contribution in [3.05, 3.63) is 12.2 Å². The standard InChI is InChI=1S/C11H16O4/c1-8(7-9(12)13)10(14)15-11(2)5-3-4-6-11/h1,3-7H2,2H3,(H,12,13). The summed E-state index contributed by atoms with van der Waals surface area (Å²) >= 11 is 0. The highest BCUT2D eigenvalue weighted by Gasteiger charge is 2.33. The number of esters is 1. The van der Waals surface area contributed by atoms with Crippen molar-refractivity contribution in [2.24, 2.45) is 0 Å². The van der Waals surface area contributed by atoms with E-state index in [2.05, 4.69) is 6.58 Å². The lowest BCUT2D eigenvalue weighted by Gasteiger charge is -2.24. The summed E-state index contributed by atoms with van der Waals surface area (Å²) in [6, 6.07) is 0. The minimum absolute atomic E-state index is 0.00984. The van der Waals surface area contributed by atoms with Crippen molar-refractivity contribution < 1.29 is 19.4 Å². The lowest BCUT2D eigenvalue weighted by molar-refractivity contribution is -0.154. The van der Waals surface area contributed by atoms with Crippen LogP contribution in [0.25, 0.3) is 0 Å². The molecule has 1 aliphatic carbocycles. The molecule has 84 valence electrons. The summed E-state index contributed by atoms with van der Waals surface area (Å²) in [6.07, 6.45) is 3.44. The predicted molar refractivity (Wildman–Crippen MR) is 54.4 cm³/mol. The van der Waals surface area contributed by atoms with E-state index in [0.717, 1.165) is 25.7 Å². The number of carbonyl (C=O) groups excluding carboxylic acids is 1. The van der Waals surface area contributed by atoms with Crippen LogP contribution in [0, 0.1) is 0 Å². The van der Waals surface area contributed by atoms with E-state index in [1.165, 1.54) is 0 Å². The molecule has 1 aliphatic rings. The van der Waals surface area contributed by atoms with Gasteiger partial charge in [0.2, 0.25) is 0 Å². The molecule has 0 heterocycles. The molecule has 0 aromatic carbocycles. The molecule has 0 saturated heterocycles. The van der Waals surface area contributed by atoms with E-state index in [0.29, 0.717) is 0 Å². The lowest BCUT2D eigenvalue weighted by Crippen LogP contribution is -2.29. The molecule has 15 heavy (non-hydrogen) atoms. The number of rotatable bonds is 4. The van der Waals surface area contributed by atoms with Gasteiger partial charge >= 0.3 is 11.9 Å². The lowest BCUT2D eigenvalue weighted by atomic mass is 10.1. The Hall–Kier alpha value is -1.32. The molecule has 0 unspecified atom stereocenters. The predicted octanol–water partition coefficient (Wildman–Crippen LogP) is 1.89. The molecule has 0 amide bonds. The van der Waals surface area contributed by atoms with Gasteiger partial charge in [0.25, 0.3) is 0 Å². The highest BCUT2D eigenvalue weighted by atomic mass is 16.6. The number of aliphatic carboxylic acids is 1. The highest BCUT2D eigenvalue weighted by Crippen LogP contribution is 2.33. The molecule has 1 saturated carbocycles. The Kier molecular flexibility index (Phi) is 3.50. The number of hydrogen-bond donors (Lipinski definition) is 1. The van der Waals surface area contributed by atoms with E-state index in [-0.39, 0.29) is 12.0 Å². The minimum atomic E-state index is -1.06. The maximum absolute atomic E-state index is 11.5. The zero-order valence-corrected chi connectivity index (χ0v) is 8.91. The van der Waals surface area contributed by atoms with E-state index in [9.17, 15) is 9.59 Å². The molecule has 0 radical (unpaired) electrons. The van der Waals surface area contributed by atoms with Crippen LogP contribution < -0.4 is 0 Å². The van der Waals surface area contributed by atoms with Crippen LogP contribution in [0.4, 0.5) is 0 Å². The Morgan fingerprint density at radius 3 is 2.40 bits per heavy atom. The van der Waals surface area contributed by atoms with Crippen LogP contribution in [0.2, 0.25) is 0 Å². The zero-order chi connectivity index (χ0) is 11.5. The van der Waals surface area contributed by atoms with Crippen LogP contribution in [0.15, 0.2) is 12.2 Å².